The van der Waals surface area contributed by atoms with Gasteiger partial charge in [-0.3, -0.25) is 0 Å². The summed E-state index contributed by atoms with van der Waals surface area (Å²) in [6, 6.07) is 14.6. The molecule has 0 radical (unpaired) electrons. The fourth-order valence-electron chi connectivity index (χ4n) is 1.72. The molecule has 0 bridgehead atoms. The molecule has 0 atom stereocenters. The van der Waals surface area contributed by atoms with Crippen LogP contribution in [0.25, 0.3) is 0 Å². The van der Waals surface area contributed by atoms with Gasteiger partial charge in [0.05, 0.1) is 18.7 Å². The summed E-state index contributed by atoms with van der Waals surface area (Å²) in [5, 5.41) is 9.01. The first-order valence-electron chi connectivity index (χ1n) is 5.79. The molecule has 0 aliphatic carbocycles. The van der Waals surface area contributed by atoms with E-state index in [1.807, 2.05) is 18.2 Å². The predicted octanol–water partition coefficient (Wildman–Crippen LogP) is 2.73. The number of hydrogen-bond acceptors (Lipinski definition) is 4. The smallest absolute Gasteiger partial charge is 0.163 e. The van der Waals surface area contributed by atoms with E-state index in [9.17, 15) is 0 Å². The molecule has 2 aromatic carbocycles. The minimum atomic E-state index is 0.295. The van der Waals surface area contributed by atoms with Gasteiger partial charge in [0.25, 0.3) is 0 Å². The number of anilines is 1. The van der Waals surface area contributed by atoms with E-state index in [0.29, 0.717) is 29.4 Å². The number of nitrogen functional groups attached to an aromatic ring is 1. The van der Waals surface area contributed by atoms with Crippen LogP contribution in [0.4, 0.5) is 5.69 Å². The highest BCUT2D eigenvalue weighted by Gasteiger charge is 2.07. The van der Waals surface area contributed by atoms with E-state index in [2.05, 4.69) is 6.07 Å². The molecule has 0 aliphatic rings. The average Bonchev–Trinajstić information content (AvgIpc) is 2.45. The van der Waals surface area contributed by atoms with E-state index in [-0.39, 0.29) is 0 Å². The van der Waals surface area contributed by atoms with Gasteiger partial charge in [-0.2, -0.15) is 5.26 Å². The van der Waals surface area contributed by atoms with Crippen molar-refractivity contribution in [1.29, 1.82) is 5.26 Å². The number of benzene rings is 2. The summed E-state index contributed by atoms with van der Waals surface area (Å²) in [7, 11) is 1.57. The first-order chi connectivity index (χ1) is 9.24. The molecule has 2 rings (SSSR count). The second-order valence-electron chi connectivity index (χ2n) is 3.97. The van der Waals surface area contributed by atoms with Crippen molar-refractivity contribution in [2.45, 2.75) is 6.61 Å². The second-order valence-corrected chi connectivity index (χ2v) is 3.97. The average molecular weight is 254 g/mol. The van der Waals surface area contributed by atoms with E-state index in [0.717, 1.165) is 5.56 Å². The zero-order valence-electron chi connectivity index (χ0n) is 10.6. The van der Waals surface area contributed by atoms with Gasteiger partial charge >= 0.3 is 0 Å². The van der Waals surface area contributed by atoms with Gasteiger partial charge in [-0.25, -0.2) is 0 Å². The largest absolute Gasteiger partial charge is 0.493 e. The first-order valence-corrected chi connectivity index (χ1v) is 5.79. The topological polar surface area (TPSA) is 68.3 Å². The van der Waals surface area contributed by atoms with Gasteiger partial charge < -0.3 is 15.2 Å². The maximum Gasteiger partial charge on any atom is 0.163 e. The van der Waals surface area contributed by atoms with Crippen molar-refractivity contribution in [2.75, 3.05) is 12.8 Å². The van der Waals surface area contributed by atoms with Crippen molar-refractivity contribution in [3.05, 3.63) is 53.6 Å². The Morgan fingerprint density at radius 1 is 1.16 bits per heavy atom. The summed E-state index contributed by atoms with van der Waals surface area (Å²) in [5.74, 6) is 1.18. The lowest BCUT2D eigenvalue weighted by Crippen LogP contribution is -2.00. The molecule has 0 aromatic heterocycles. The summed E-state index contributed by atoms with van der Waals surface area (Å²) in [6.07, 6.45) is 0. The van der Waals surface area contributed by atoms with Crippen molar-refractivity contribution in [3.63, 3.8) is 0 Å². The Bertz CT molecular complexity index is 618. The molecule has 0 saturated carbocycles. The van der Waals surface area contributed by atoms with Gasteiger partial charge in [-0.1, -0.05) is 18.2 Å². The Hall–Kier alpha value is -2.67. The number of nitriles is 1. The third kappa shape index (κ3) is 2.96. The Balaban J connectivity index is 2.19. The van der Waals surface area contributed by atoms with E-state index >= 15 is 0 Å². The van der Waals surface area contributed by atoms with Crippen LogP contribution in [0.1, 0.15) is 11.1 Å². The zero-order chi connectivity index (χ0) is 13.7. The number of ether oxygens (including phenoxy) is 2. The molecular weight excluding hydrogens is 240 g/mol. The lowest BCUT2D eigenvalue weighted by molar-refractivity contribution is 0.284. The molecule has 0 saturated heterocycles. The molecule has 0 aliphatic heterocycles. The number of nitrogens with zero attached hydrogens (tertiary/aromatic N) is 1. The van der Waals surface area contributed by atoms with Crippen LogP contribution in [-0.4, -0.2) is 7.11 Å². The van der Waals surface area contributed by atoms with Crippen LogP contribution in [0, 0.1) is 11.3 Å². The van der Waals surface area contributed by atoms with E-state index in [1.165, 1.54) is 0 Å². The Labute approximate surface area is 112 Å². The monoisotopic (exact) mass is 254 g/mol. The molecule has 4 heteroatoms. The first kappa shape index (κ1) is 12.8. The Morgan fingerprint density at radius 2 is 1.95 bits per heavy atom. The molecule has 96 valence electrons. The maximum atomic E-state index is 9.01. The molecule has 19 heavy (non-hydrogen) atoms. The number of nitrogens with two attached hydrogens (primary N) is 1. The quantitative estimate of drug-likeness (QED) is 0.852. The van der Waals surface area contributed by atoms with Crippen molar-refractivity contribution < 1.29 is 9.47 Å². The maximum absolute atomic E-state index is 9.01. The Kier molecular flexibility index (Phi) is 3.89. The molecule has 2 N–H and O–H groups in total. The van der Waals surface area contributed by atoms with Crippen molar-refractivity contribution in [1.82, 2.24) is 0 Å². The fraction of sp³-hybridized carbons (Fsp3) is 0.133. The van der Waals surface area contributed by atoms with Crippen molar-refractivity contribution >= 4 is 5.69 Å². The molecule has 0 spiro atoms. The summed E-state index contributed by atoms with van der Waals surface area (Å²) in [6.45, 7) is 0.295. The normalized spacial score (nSPS) is 9.68. The van der Waals surface area contributed by atoms with Crippen LogP contribution in [0.3, 0.4) is 0 Å². The molecule has 2 aromatic rings. The van der Waals surface area contributed by atoms with Crippen LogP contribution < -0.4 is 15.2 Å². The number of rotatable bonds is 4. The molecule has 0 amide bonds. The van der Waals surface area contributed by atoms with E-state index in [4.69, 9.17) is 20.5 Å². The highest BCUT2D eigenvalue weighted by molar-refractivity contribution is 5.52. The summed E-state index contributed by atoms with van der Waals surface area (Å²) in [5.41, 5.74) is 7.75. The van der Waals surface area contributed by atoms with Gasteiger partial charge in [0.2, 0.25) is 0 Å². The van der Waals surface area contributed by atoms with Crippen LogP contribution in [-0.2, 0) is 6.61 Å². The Morgan fingerprint density at radius 3 is 2.68 bits per heavy atom. The summed E-state index contributed by atoms with van der Waals surface area (Å²) < 4.78 is 10.9. The predicted molar refractivity (Wildman–Crippen MR) is 72.9 cm³/mol. The van der Waals surface area contributed by atoms with Gasteiger partial charge in [0.15, 0.2) is 11.5 Å². The van der Waals surface area contributed by atoms with Crippen LogP contribution >= 0.6 is 0 Å². The number of hydrogen-bond donors (Lipinski definition) is 1. The SMILES string of the molecule is COc1ccc(N)cc1OCc1ccccc1C#N. The summed E-state index contributed by atoms with van der Waals surface area (Å²) in [4.78, 5) is 0. The minimum absolute atomic E-state index is 0.295. The standard InChI is InChI=1S/C15H14N2O2/c1-18-14-7-6-13(17)8-15(14)19-10-12-5-3-2-4-11(12)9-16/h2-8H,10,17H2,1H3. The van der Waals surface area contributed by atoms with E-state index in [1.54, 1.807) is 31.4 Å². The van der Waals surface area contributed by atoms with Crippen LogP contribution in [0.2, 0.25) is 0 Å². The van der Waals surface area contributed by atoms with Gasteiger partial charge in [-0.05, 0) is 18.2 Å². The molecule has 0 heterocycles. The molecular formula is C15H14N2O2. The highest BCUT2D eigenvalue weighted by Crippen LogP contribution is 2.29. The lowest BCUT2D eigenvalue weighted by Gasteiger charge is -2.11. The van der Waals surface area contributed by atoms with Crippen molar-refractivity contribution in [2.24, 2.45) is 0 Å². The van der Waals surface area contributed by atoms with Crippen molar-refractivity contribution in [3.8, 4) is 17.6 Å². The second kappa shape index (κ2) is 5.78. The number of methoxy groups -OCH3 is 1. The zero-order valence-corrected chi connectivity index (χ0v) is 10.6. The molecule has 4 nitrogen and oxygen atoms in total. The summed E-state index contributed by atoms with van der Waals surface area (Å²) >= 11 is 0. The minimum Gasteiger partial charge on any atom is -0.493 e. The van der Waals surface area contributed by atoms with Gasteiger partial charge in [0, 0.05) is 17.3 Å². The third-order valence-corrected chi connectivity index (χ3v) is 2.71. The van der Waals surface area contributed by atoms with Crippen LogP contribution in [0.15, 0.2) is 42.5 Å². The molecule has 0 unspecified atom stereocenters. The van der Waals surface area contributed by atoms with Gasteiger partial charge in [-0.15, -0.1) is 0 Å². The fourth-order valence-corrected chi connectivity index (χ4v) is 1.72. The third-order valence-electron chi connectivity index (χ3n) is 2.71. The van der Waals surface area contributed by atoms with E-state index < -0.39 is 0 Å². The van der Waals surface area contributed by atoms with Crippen LogP contribution in [0.5, 0.6) is 11.5 Å². The molecule has 0 fully saturated rings. The lowest BCUT2D eigenvalue weighted by atomic mass is 10.1. The highest BCUT2D eigenvalue weighted by atomic mass is 16.5. The van der Waals surface area contributed by atoms with Gasteiger partial charge in [0.1, 0.15) is 6.61 Å².